The standard InChI is InChI=1S/C11H18N2O3S/c1-17-5-4-9(12)10(14)13-8-3-2-7(6-8)11(15)16/h2-3,7-9H,4-6,12H2,1H3,(H,13,14)(H,15,16)/t7?,8?,9-/m0/s1. The maximum absolute atomic E-state index is 11.7. The summed E-state index contributed by atoms with van der Waals surface area (Å²) in [5.74, 6) is -0.723. The van der Waals surface area contributed by atoms with Crippen molar-refractivity contribution in [3.8, 4) is 0 Å². The highest BCUT2D eigenvalue weighted by atomic mass is 32.2. The lowest BCUT2D eigenvalue weighted by molar-refractivity contribution is -0.140. The second-order valence-corrected chi connectivity index (χ2v) is 5.05. The summed E-state index contributed by atoms with van der Waals surface area (Å²) in [7, 11) is 0. The summed E-state index contributed by atoms with van der Waals surface area (Å²) in [6, 6.07) is -0.719. The lowest BCUT2D eigenvalue weighted by Gasteiger charge is -2.16. The topological polar surface area (TPSA) is 92.4 Å². The molecular formula is C11H18N2O3S. The molecule has 17 heavy (non-hydrogen) atoms. The molecule has 0 heterocycles. The predicted octanol–water partition coefficient (Wildman–Crippen LogP) is 0.212. The molecule has 0 saturated carbocycles. The average molecular weight is 258 g/mol. The molecule has 0 aromatic carbocycles. The van der Waals surface area contributed by atoms with Gasteiger partial charge in [-0.3, -0.25) is 9.59 Å². The van der Waals surface area contributed by atoms with Crippen LogP contribution in [0.25, 0.3) is 0 Å². The fourth-order valence-electron chi connectivity index (χ4n) is 1.65. The quantitative estimate of drug-likeness (QED) is 0.592. The van der Waals surface area contributed by atoms with Gasteiger partial charge in [0, 0.05) is 6.04 Å². The van der Waals surface area contributed by atoms with Crippen LogP contribution in [0.1, 0.15) is 12.8 Å². The third-order valence-corrected chi connectivity index (χ3v) is 3.34. The molecule has 0 aromatic rings. The van der Waals surface area contributed by atoms with Crippen molar-refractivity contribution in [3.63, 3.8) is 0 Å². The number of nitrogens with two attached hydrogens (primary N) is 1. The molecule has 2 unspecified atom stereocenters. The Morgan fingerprint density at radius 2 is 2.29 bits per heavy atom. The minimum absolute atomic E-state index is 0.205. The molecule has 5 nitrogen and oxygen atoms in total. The number of hydrogen-bond acceptors (Lipinski definition) is 4. The van der Waals surface area contributed by atoms with Gasteiger partial charge in [-0.25, -0.2) is 0 Å². The Labute approximate surface area is 105 Å². The molecule has 1 rings (SSSR count). The number of thioether (sulfide) groups is 1. The van der Waals surface area contributed by atoms with Gasteiger partial charge in [-0.2, -0.15) is 11.8 Å². The van der Waals surface area contributed by atoms with Crippen molar-refractivity contribution in [1.29, 1.82) is 0 Å². The number of carboxylic acids is 1. The molecule has 4 N–H and O–H groups in total. The van der Waals surface area contributed by atoms with Gasteiger partial charge in [0.1, 0.15) is 0 Å². The van der Waals surface area contributed by atoms with Crippen molar-refractivity contribution in [1.82, 2.24) is 5.32 Å². The first kappa shape index (κ1) is 14.1. The molecule has 3 atom stereocenters. The zero-order chi connectivity index (χ0) is 12.8. The molecule has 0 aromatic heterocycles. The van der Waals surface area contributed by atoms with Crippen LogP contribution in [-0.2, 0) is 9.59 Å². The Morgan fingerprint density at radius 1 is 1.59 bits per heavy atom. The van der Waals surface area contributed by atoms with Gasteiger partial charge >= 0.3 is 5.97 Å². The van der Waals surface area contributed by atoms with Gasteiger partial charge in [0.2, 0.25) is 5.91 Å². The van der Waals surface area contributed by atoms with Gasteiger partial charge in [0.15, 0.2) is 0 Å². The Morgan fingerprint density at radius 3 is 2.82 bits per heavy atom. The minimum Gasteiger partial charge on any atom is -0.481 e. The summed E-state index contributed by atoms with van der Waals surface area (Å²) in [5, 5.41) is 11.5. The summed E-state index contributed by atoms with van der Waals surface area (Å²) < 4.78 is 0. The fraction of sp³-hybridized carbons (Fsp3) is 0.636. The molecule has 0 aliphatic heterocycles. The van der Waals surface area contributed by atoms with E-state index in [0.717, 1.165) is 5.75 Å². The normalized spacial score (nSPS) is 24.6. The minimum atomic E-state index is -0.857. The van der Waals surface area contributed by atoms with E-state index in [4.69, 9.17) is 10.8 Å². The molecule has 96 valence electrons. The van der Waals surface area contributed by atoms with Gasteiger partial charge in [0.05, 0.1) is 12.0 Å². The van der Waals surface area contributed by atoms with Gasteiger partial charge in [0.25, 0.3) is 0 Å². The highest BCUT2D eigenvalue weighted by Gasteiger charge is 2.26. The number of aliphatic carboxylic acids is 1. The van der Waals surface area contributed by atoms with Crippen LogP contribution in [0.4, 0.5) is 0 Å². The number of carbonyl (C=O) groups is 2. The van der Waals surface area contributed by atoms with E-state index in [1.165, 1.54) is 0 Å². The first-order valence-electron chi connectivity index (χ1n) is 5.50. The molecule has 0 bridgehead atoms. The number of amides is 1. The van der Waals surface area contributed by atoms with Crippen LogP contribution in [0.15, 0.2) is 12.2 Å². The molecule has 0 saturated heterocycles. The van der Waals surface area contributed by atoms with E-state index in [1.54, 1.807) is 23.9 Å². The Bertz CT molecular complexity index is 320. The maximum atomic E-state index is 11.7. The van der Waals surface area contributed by atoms with E-state index in [0.29, 0.717) is 12.8 Å². The number of nitrogens with one attached hydrogen (secondary N) is 1. The second kappa shape index (κ2) is 6.66. The van der Waals surface area contributed by atoms with Crippen LogP contribution in [-0.4, -0.2) is 41.1 Å². The Balaban J connectivity index is 2.33. The first-order valence-corrected chi connectivity index (χ1v) is 6.90. The molecular weight excluding hydrogens is 240 g/mol. The summed E-state index contributed by atoms with van der Waals surface area (Å²) in [4.78, 5) is 22.4. The van der Waals surface area contributed by atoms with E-state index in [1.807, 2.05) is 6.26 Å². The van der Waals surface area contributed by atoms with Crippen molar-refractivity contribution in [2.45, 2.75) is 24.9 Å². The van der Waals surface area contributed by atoms with Crippen molar-refractivity contribution in [2.75, 3.05) is 12.0 Å². The third-order valence-electron chi connectivity index (χ3n) is 2.70. The van der Waals surface area contributed by atoms with Gasteiger partial charge in [-0.05, 0) is 24.9 Å². The summed E-state index contributed by atoms with van der Waals surface area (Å²) >= 11 is 1.64. The van der Waals surface area contributed by atoms with Gasteiger partial charge in [-0.15, -0.1) is 0 Å². The van der Waals surface area contributed by atoms with Gasteiger partial charge in [-0.1, -0.05) is 12.2 Å². The van der Waals surface area contributed by atoms with Crippen molar-refractivity contribution in [3.05, 3.63) is 12.2 Å². The number of hydrogen-bond donors (Lipinski definition) is 3. The average Bonchev–Trinajstić information content (AvgIpc) is 2.74. The fourth-order valence-corrected chi connectivity index (χ4v) is 2.14. The van der Waals surface area contributed by atoms with Crippen LogP contribution in [0.2, 0.25) is 0 Å². The van der Waals surface area contributed by atoms with Crippen LogP contribution in [0.5, 0.6) is 0 Å². The van der Waals surface area contributed by atoms with Crippen molar-refractivity contribution in [2.24, 2.45) is 11.7 Å². The van der Waals surface area contributed by atoms with E-state index in [-0.39, 0.29) is 11.9 Å². The zero-order valence-electron chi connectivity index (χ0n) is 9.76. The maximum Gasteiger partial charge on any atom is 0.310 e. The SMILES string of the molecule is CSCC[C@H](N)C(=O)NC1C=CC(C(=O)O)C1. The van der Waals surface area contributed by atoms with Crippen molar-refractivity contribution < 1.29 is 14.7 Å². The first-order chi connectivity index (χ1) is 8.04. The highest BCUT2D eigenvalue weighted by Crippen LogP contribution is 2.18. The zero-order valence-corrected chi connectivity index (χ0v) is 10.6. The molecule has 1 aliphatic carbocycles. The molecule has 0 radical (unpaired) electrons. The summed E-state index contributed by atoms with van der Waals surface area (Å²) in [5.41, 5.74) is 5.71. The largest absolute Gasteiger partial charge is 0.481 e. The monoisotopic (exact) mass is 258 g/mol. The second-order valence-electron chi connectivity index (χ2n) is 4.07. The van der Waals surface area contributed by atoms with E-state index >= 15 is 0 Å². The lowest BCUT2D eigenvalue weighted by Crippen LogP contribution is -2.44. The van der Waals surface area contributed by atoms with Crippen LogP contribution in [0.3, 0.4) is 0 Å². The lowest BCUT2D eigenvalue weighted by atomic mass is 10.1. The van der Waals surface area contributed by atoms with Gasteiger partial charge < -0.3 is 16.2 Å². The van der Waals surface area contributed by atoms with Crippen LogP contribution in [0, 0.1) is 5.92 Å². The Hall–Kier alpha value is -1.01. The van der Waals surface area contributed by atoms with Crippen LogP contribution >= 0.6 is 11.8 Å². The summed E-state index contributed by atoms with van der Waals surface area (Å²) in [6.07, 6.45) is 6.34. The van der Waals surface area contributed by atoms with Crippen molar-refractivity contribution >= 4 is 23.6 Å². The molecule has 0 spiro atoms. The summed E-state index contributed by atoms with van der Waals surface area (Å²) in [6.45, 7) is 0. The molecule has 1 aliphatic rings. The smallest absolute Gasteiger partial charge is 0.310 e. The van der Waals surface area contributed by atoms with E-state index in [2.05, 4.69) is 5.32 Å². The number of carboxylic acid groups (broad SMARTS) is 1. The number of carbonyl (C=O) groups excluding carboxylic acids is 1. The molecule has 1 amide bonds. The van der Waals surface area contributed by atoms with Crippen LogP contribution < -0.4 is 11.1 Å². The van der Waals surface area contributed by atoms with E-state index in [9.17, 15) is 9.59 Å². The highest BCUT2D eigenvalue weighted by molar-refractivity contribution is 7.98. The van der Waals surface area contributed by atoms with E-state index < -0.39 is 17.9 Å². The Kier molecular flexibility index (Phi) is 5.50. The molecule has 0 fully saturated rings. The molecule has 6 heteroatoms. The third kappa shape index (κ3) is 4.40. The number of rotatable bonds is 6. The predicted molar refractivity (Wildman–Crippen MR) is 67.8 cm³/mol.